The van der Waals surface area contributed by atoms with E-state index in [-0.39, 0.29) is 12.2 Å². The molecular formula is C18H22Cl2O2. The van der Waals surface area contributed by atoms with Gasteiger partial charge in [0.2, 0.25) is 0 Å². The van der Waals surface area contributed by atoms with Crippen molar-refractivity contribution in [2.24, 2.45) is 0 Å². The third-order valence-corrected chi connectivity index (χ3v) is 3.68. The monoisotopic (exact) mass is 340 g/mol. The van der Waals surface area contributed by atoms with E-state index in [1.165, 1.54) is 0 Å². The molecule has 2 atom stereocenters. The highest BCUT2D eigenvalue weighted by molar-refractivity contribution is 6.31. The highest BCUT2D eigenvalue weighted by Crippen LogP contribution is 2.17. The minimum Gasteiger partial charge on any atom is -0.393 e. The van der Waals surface area contributed by atoms with E-state index in [2.05, 4.69) is 0 Å². The lowest BCUT2D eigenvalue weighted by molar-refractivity contribution is 0.195. The second-order valence-electron chi connectivity index (χ2n) is 5.29. The van der Waals surface area contributed by atoms with Crippen LogP contribution in [-0.4, -0.2) is 22.4 Å². The smallest absolute Gasteiger partial charge is 0.0552 e. The first-order valence-corrected chi connectivity index (χ1v) is 7.98. The van der Waals surface area contributed by atoms with Gasteiger partial charge in [-0.1, -0.05) is 59.6 Å². The van der Waals surface area contributed by atoms with E-state index in [9.17, 15) is 0 Å². The third-order valence-electron chi connectivity index (χ3n) is 2.95. The first-order valence-electron chi connectivity index (χ1n) is 7.23. The van der Waals surface area contributed by atoms with Gasteiger partial charge < -0.3 is 10.2 Å². The highest BCUT2D eigenvalue weighted by Gasteiger charge is 2.02. The van der Waals surface area contributed by atoms with Crippen LogP contribution in [-0.2, 0) is 12.8 Å². The minimum atomic E-state index is -0.324. The number of aliphatic hydroxyl groups is 2. The predicted octanol–water partition coefficient (Wildman–Crippen LogP) is 4.53. The SMILES string of the molecule is C[C@@H](O)Cc1ccccc1Cl.C[C@@H](O)Cc1ccccc1Cl. The molecule has 0 radical (unpaired) electrons. The van der Waals surface area contributed by atoms with E-state index in [1.54, 1.807) is 13.8 Å². The maximum atomic E-state index is 9.07. The molecule has 4 heteroatoms. The van der Waals surface area contributed by atoms with E-state index in [0.29, 0.717) is 12.8 Å². The van der Waals surface area contributed by atoms with Crippen molar-refractivity contribution in [3.05, 3.63) is 69.7 Å². The van der Waals surface area contributed by atoms with Crippen LogP contribution in [0.2, 0.25) is 10.0 Å². The van der Waals surface area contributed by atoms with Crippen molar-refractivity contribution in [2.75, 3.05) is 0 Å². The summed E-state index contributed by atoms with van der Waals surface area (Å²) in [4.78, 5) is 0. The fourth-order valence-corrected chi connectivity index (χ4v) is 2.39. The lowest BCUT2D eigenvalue weighted by atomic mass is 10.1. The van der Waals surface area contributed by atoms with E-state index in [4.69, 9.17) is 33.4 Å². The predicted molar refractivity (Wildman–Crippen MR) is 93.7 cm³/mol. The Morgan fingerprint density at radius 3 is 1.32 bits per heavy atom. The fourth-order valence-electron chi connectivity index (χ4n) is 1.96. The second kappa shape index (κ2) is 9.86. The number of aliphatic hydroxyl groups excluding tert-OH is 2. The van der Waals surface area contributed by atoms with Gasteiger partial charge in [-0.05, 0) is 49.9 Å². The first-order chi connectivity index (χ1) is 10.4. The fraction of sp³-hybridized carbons (Fsp3) is 0.333. The van der Waals surface area contributed by atoms with E-state index >= 15 is 0 Å². The Labute approximate surface area is 142 Å². The molecule has 0 aliphatic rings. The van der Waals surface area contributed by atoms with E-state index < -0.39 is 0 Å². The van der Waals surface area contributed by atoms with Crippen LogP contribution in [0.5, 0.6) is 0 Å². The second-order valence-corrected chi connectivity index (χ2v) is 6.10. The van der Waals surface area contributed by atoms with Gasteiger partial charge in [0.1, 0.15) is 0 Å². The summed E-state index contributed by atoms with van der Waals surface area (Å²) in [6.07, 6.45) is 0.601. The van der Waals surface area contributed by atoms with Crippen LogP contribution in [0.1, 0.15) is 25.0 Å². The molecular weight excluding hydrogens is 319 g/mol. The Bertz CT molecular complexity index is 517. The molecule has 120 valence electrons. The summed E-state index contributed by atoms with van der Waals surface area (Å²) < 4.78 is 0. The molecule has 0 heterocycles. The van der Waals surface area contributed by atoms with Gasteiger partial charge in [-0.3, -0.25) is 0 Å². The van der Waals surface area contributed by atoms with Crippen LogP contribution < -0.4 is 0 Å². The van der Waals surface area contributed by atoms with Gasteiger partial charge in [-0.25, -0.2) is 0 Å². The van der Waals surface area contributed by atoms with Crippen LogP contribution in [0.15, 0.2) is 48.5 Å². The molecule has 0 saturated heterocycles. The van der Waals surface area contributed by atoms with Gasteiger partial charge in [0, 0.05) is 10.0 Å². The number of halogens is 2. The summed E-state index contributed by atoms with van der Waals surface area (Å²) in [5.41, 5.74) is 2.01. The van der Waals surface area contributed by atoms with Gasteiger partial charge in [0.25, 0.3) is 0 Å². The number of hydrogen-bond donors (Lipinski definition) is 2. The van der Waals surface area contributed by atoms with Crippen molar-refractivity contribution < 1.29 is 10.2 Å². The zero-order valence-electron chi connectivity index (χ0n) is 12.8. The van der Waals surface area contributed by atoms with E-state index in [0.717, 1.165) is 21.2 Å². The zero-order chi connectivity index (χ0) is 16.5. The minimum absolute atomic E-state index is 0.324. The number of benzene rings is 2. The molecule has 0 bridgehead atoms. The Kier molecular flexibility index (Phi) is 8.51. The summed E-state index contributed by atoms with van der Waals surface area (Å²) in [7, 11) is 0. The Balaban J connectivity index is 0.000000220. The summed E-state index contributed by atoms with van der Waals surface area (Å²) >= 11 is 11.7. The highest BCUT2D eigenvalue weighted by atomic mass is 35.5. The van der Waals surface area contributed by atoms with Crippen molar-refractivity contribution >= 4 is 23.2 Å². The van der Waals surface area contributed by atoms with Crippen LogP contribution >= 0.6 is 23.2 Å². The molecule has 2 N–H and O–H groups in total. The molecule has 2 aromatic carbocycles. The van der Waals surface area contributed by atoms with Crippen LogP contribution in [0, 0.1) is 0 Å². The number of hydrogen-bond acceptors (Lipinski definition) is 2. The van der Waals surface area contributed by atoms with Gasteiger partial charge in [-0.15, -0.1) is 0 Å². The zero-order valence-corrected chi connectivity index (χ0v) is 14.3. The van der Waals surface area contributed by atoms with Crippen molar-refractivity contribution in [3.63, 3.8) is 0 Å². The molecule has 2 nitrogen and oxygen atoms in total. The van der Waals surface area contributed by atoms with Crippen molar-refractivity contribution in [1.29, 1.82) is 0 Å². The van der Waals surface area contributed by atoms with Gasteiger partial charge in [-0.2, -0.15) is 0 Å². The topological polar surface area (TPSA) is 40.5 Å². The summed E-state index contributed by atoms with van der Waals surface area (Å²) in [6.45, 7) is 3.51. The maximum absolute atomic E-state index is 9.07. The number of rotatable bonds is 4. The molecule has 2 rings (SSSR count). The van der Waals surface area contributed by atoms with Crippen molar-refractivity contribution in [3.8, 4) is 0 Å². The Morgan fingerprint density at radius 2 is 1.05 bits per heavy atom. The lowest BCUT2D eigenvalue weighted by Gasteiger charge is -2.05. The standard InChI is InChI=1S/2C9H11ClO/c2*1-7(11)6-8-4-2-3-5-9(8)10/h2*2-5,7,11H,6H2,1H3/t2*7-/m11/s1. The van der Waals surface area contributed by atoms with Crippen molar-refractivity contribution in [1.82, 2.24) is 0 Å². The lowest BCUT2D eigenvalue weighted by Crippen LogP contribution is -2.04. The quantitative estimate of drug-likeness (QED) is 0.858. The largest absolute Gasteiger partial charge is 0.393 e. The maximum Gasteiger partial charge on any atom is 0.0552 e. The molecule has 22 heavy (non-hydrogen) atoms. The van der Waals surface area contributed by atoms with Crippen LogP contribution in [0.3, 0.4) is 0 Å². The molecule has 0 aliphatic heterocycles. The Hall–Kier alpha value is -1.06. The van der Waals surface area contributed by atoms with Crippen molar-refractivity contribution in [2.45, 2.75) is 38.9 Å². The summed E-state index contributed by atoms with van der Waals surface area (Å²) in [5, 5.41) is 19.6. The van der Waals surface area contributed by atoms with Crippen LogP contribution in [0.4, 0.5) is 0 Å². The molecule has 0 aromatic heterocycles. The third kappa shape index (κ3) is 7.28. The summed E-state index contributed by atoms with van der Waals surface area (Å²) in [5.74, 6) is 0. The first kappa shape index (κ1) is 19.0. The normalized spacial score (nSPS) is 13.0. The summed E-state index contributed by atoms with van der Waals surface area (Å²) in [6, 6.07) is 15.1. The molecule has 0 unspecified atom stereocenters. The molecule has 0 saturated carbocycles. The van der Waals surface area contributed by atoms with Gasteiger partial charge in [0.05, 0.1) is 12.2 Å². The molecule has 0 amide bonds. The average Bonchev–Trinajstić information content (AvgIpc) is 2.44. The van der Waals surface area contributed by atoms with Gasteiger partial charge in [0.15, 0.2) is 0 Å². The van der Waals surface area contributed by atoms with E-state index in [1.807, 2.05) is 48.5 Å². The molecule has 0 aliphatic carbocycles. The average molecular weight is 341 g/mol. The Morgan fingerprint density at radius 1 is 0.727 bits per heavy atom. The molecule has 0 fully saturated rings. The van der Waals surface area contributed by atoms with Gasteiger partial charge >= 0.3 is 0 Å². The molecule has 2 aromatic rings. The van der Waals surface area contributed by atoms with Crippen LogP contribution in [0.25, 0.3) is 0 Å². The molecule has 0 spiro atoms.